The van der Waals surface area contributed by atoms with E-state index in [1.54, 1.807) is 0 Å². The first-order valence-corrected chi connectivity index (χ1v) is 3.92. The zero-order valence-electron chi connectivity index (χ0n) is 8.17. The van der Waals surface area contributed by atoms with Crippen LogP contribution in [0.15, 0.2) is 0 Å². The predicted molar refractivity (Wildman–Crippen MR) is 63.9 cm³/mol. The summed E-state index contributed by atoms with van der Waals surface area (Å²) in [5, 5.41) is 32.0. The fourth-order valence-electron chi connectivity index (χ4n) is 0. The van der Waals surface area contributed by atoms with Gasteiger partial charge in [-0.1, -0.05) is 0 Å². The standard InChI is InChI=1S/2C3H6O2S.2H3N/c2*1-2(4)3(5)6;;/h2*2,4H,1H3,(H,5,6);2*1H3. The van der Waals surface area contributed by atoms with Gasteiger partial charge in [-0.3, -0.25) is 0 Å². The van der Waals surface area contributed by atoms with Crippen LogP contribution < -0.4 is 12.3 Å². The van der Waals surface area contributed by atoms with Gasteiger partial charge in [0.25, 0.3) is 0 Å². The fourth-order valence-corrected chi connectivity index (χ4v) is 0. The molecule has 8 heteroatoms. The molecule has 0 saturated carbocycles. The molecule has 0 saturated heterocycles. The van der Waals surface area contributed by atoms with Gasteiger partial charge in [-0.15, -0.1) is 0 Å². The van der Waals surface area contributed by atoms with Crippen LogP contribution in [0.1, 0.15) is 13.8 Å². The molecule has 2 atom stereocenters. The summed E-state index contributed by atoms with van der Waals surface area (Å²) in [5.74, 6) is 0. The molecule has 0 rings (SSSR count). The van der Waals surface area contributed by atoms with Crippen LogP contribution in [0.2, 0.25) is 0 Å². The van der Waals surface area contributed by atoms with Gasteiger partial charge in [0.15, 0.2) is 10.1 Å². The third-order valence-corrected chi connectivity index (χ3v) is 1.40. The summed E-state index contributed by atoms with van der Waals surface area (Å²) < 4.78 is 0. The Kier molecular flexibility index (Phi) is 21.1. The molecule has 10 N–H and O–H groups in total. The van der Waals surface area contributed by atoms with E-state index in [-0.39, 0.29) is 22.4 Å². The first kappa shape index (κ1) is 23.4. The normalized spacial score (nSPS) is 11.7. The van der Waals surface area contributed by atoms with Gasteiger partial charge in [-0.05, 0) is 38.3 Å². The molecule has 0 aromatic heterocycles. The van der Waals surface area contributed by atoms with Crippen LogP contribution in [0.3, 0.4) is 0 Å². The highest BCUT2D eigenvalue weighted by molar-refractivity contribution is 7.80. The second-order valence-electron chi connectivity index (χ2n) is 2.03. The lowest BCUT2D eigenvalue weighted by Crippen LogP contribution is -2.11. The van der Waals surface area contributed by atoms with Crippen molar-refractivity contribution in [3.8, 4) is 0 Å². The molecule has 88 valence electrons. The molecule has 0 aromatic rings. The quantitative estimate of drug-likeness (QED) is 0.392. The Balaban J connectivity index is -0.0000000625. The summed E-state index contributed by atoms with van der Waals surface area (Å²) in [7, 11) is 0. The highest BCUT2D eigenvalue weighted by atomic mass is 32.1. The van der Waals surface area contributed by atoms with Crippen LogP contribution in [0.4, 0.5) is 0 Å². The van der Waals surface area contributed by atoms with E-state index in [0.29, 0.717) is 0 Å². The Morgan fingerprint density at radius 2 is 0.929 bits per heavy atom. The van der Waals surface area contributed by atoms with E-state index in [9.17, 15) is 0 Å². The minimum Gasteiger partial charge on any atom is -0.500 e. The summed E-state index contributed by atoms with van der Waals surface area (Å²) in [6.45, 7) is 2.81. The molecule has 2 unspecified atom stereocenters. The van der Waals surface area contributed by atoms with Crippen LogP contribution in [-0.4, -0.2) is 42.7 Å². The SMILES string of the molecule is CC(O)C(O)=S.CC(O)C(O)=S.N.N. The number of hydrogen-bond acceptors (Lipinski definition) is 6. The lowest BCUT2D eigenvalue weighted by molar-refractivity contribution is 0.240. The van der Waals surface area contributed by atoms with E-state index in [1.807, 2.05) is 0 Å². The van der Waals surface area contributed by atoms with Crippen LogP contribution >= 0.6 is 24.4 Å². The molecule has 0 radical (unpaired) electrons. The Bertz CT molecular complexity index is 146. The molecule has 0 fully saturated rings. The number of rotatable bonds is 2. The largest absolute Gasteiger partial charge is 0.500 e. The predicted octanol–water partition coefficient (Wildman–Crippen LogP) is 0.829. The van der Waals surface area contributed by atoms with Crippen molar-refractivity contribution in [3.05, 3.63) is 0 Å². The van der Waals surface area contributed by atoms with E-state index in [4.69, 9.17) is 20.4 Å². The second-order valence-corrected chi connectivity index (χ2v) is 2.86. The molecule has 14 heavy (non-hydrogen) atoms. The topological polar surface area (TPSA) is 151 Å². The van der Waals surface area contributed by atoms with Crippen LogP contribution in [0.25, 0.3) is 0 Å². The molecule has 0 aliphatic rings. The molecule has 0 amide bonds. The summed E-state index contributed by atoms with van der Waals surface area (Å²) in [6, 6.07) is 0. The highest BCUT2D eigenvalue weighted by Gasteiger charge is 1.96. The summed E-state index contributed by atoms with van der Waals surface area (Å²) in [4.78, 5) is 0. The van der Waals surface area contributed by atoms with Crippen LogP contribution in [0, 0.1) is 0 Å². The molecular formula is C6H18N2O4S2. The second kappa shape index (κ2) is 12.6. The molecule has 6 nitrogen and oxygen atoms in total. The average molecular weight is 246 g/mol. The van der Waals surface area contributed by atoms with Crippen LogP contribution in [-0.2, 0) is 0 Å². The van der Waals surface area contributed by atoms with E-state index in [0.717, 1.165) is 0 Å². The zero-order valence-corrected chi connectivity index (χ0v) is 9.81. The number of aliphatic hydroxyl groups excluding tert-OH is 4. The maximum absolute atomic E-state index is 8.24. The van der Waals surface area contributed by atoms with Crippen molar-refractivity contribution in [2.45, 2.75) is 26.1 Å². The summed E-state index contributed by atoms with van der Waals surface area (Å²) >= 11 is 8.25. The Morgan fingerprint density at radius 3 is 0.929 bits per heavy atom. The van der Waals surface area contributed by atoms with E-state index in [2.05, 4.69) is 24.4 Å². The molecule has 0 aliphatic heterocycles. The van der Waals surface area contributed by atoms with Gasteiger partial charge in [0.05, 0.1) is 0 Å². The first-order chi connectivity index (χ1) is 5.29. The fraction of sp³-hybridized carbons (Fsp3) is 0.667. The third kappa shape index (κ3) is 22.6. The molecule has 0 aromatic carbocycles. The summed E-state index contributed by atoms with van der Waals surface area (Å²) in [6.07, 6.45) is -1.72. The van der Waals surface area contributed by atoms with Gasteiger partial charge < -0.3 is 32.7 Å². The van der Waals surface area contributed by atoms with E-state index in [1.165, 1.54) is 13.8 Å². The van der Waals surface area contributed by atoms with Gasteiger partial charge in [0.2, 0.25) is 0 Å². The molecule has 0 bridgehead atoms. The zero-order chi connectivity index (χ0) is 10.3. The van der Waals surface area contributed by atoms with E-state index < -0.39 is 12.2 Å². The minimum atomic E-state index is -0.861. The van der Waals surface area contributed by atoms with Crippen molar-refractivity contribution in [1.82, 2.24) is 12.3 Å². The Labute approximate surface area is 93.7 Å². The molecular weight excluding hydrogens is 228 g/mol. The van der Waals surface area contributed by atoms with Crippen molar-refractivity contribution >= 4 is 34.5 Å². The van der Waals surface area contributed by atoms with Gasteiger partial charge in [-0.25, -0.2) is 0 Å². The minimum absolute atomic E-state index is 0. The van der Waals surface area contributed by atoms with Gasteiger partial charge in [-0.2, -0.15) is 0 Å². The first-order valence-electron chi connectivity index (χ1n) is 3.10. The lowest BCUT2D eigenvalue weighted by Gasteiger charge is -1.93. The monoisotopic (exact) mass is 246 g/mol. The Hall–Kier alpha value is -0.380. The number of hydrogen-bond donors (Lipinski definition) is 6. The van der Waals surface area contributed by atoms with E-state index >= 15 is 0 Å². The van der Waals surface area contributed by atoms with Crippen molar-refractivity contribution in [1.29, 1.82) is 0 Å². The molecule has 0 heterocycles. The van der Waals surface area contributed by atoms with Crippen molar-refractivity contribution in [3.63, 3.8) is 0 Å². The third-order valence-electron chi connectivity index (χ3n) is 0.715. The maximum atomic E-state index is 8.24. The van der Waals surface area contributed by atoms with Gasteiger partial charge >= 0.3 is 0 Å². The summed E-state index contributed by atoms with van der Waals surface area (Å²) in [5.41, 5.74) is 0. The molecule has 0 aliphatic carbocycles. The average Bonchev–Trinajstić information content (AvgIpc) is 1.88. The number of thiocarbonyl (C=S) groups is 2. The lowest BCUT2D eigenvalue weighted by atomic mass is 10.5. The smallest absolute Gasteiger partial charge is 0.185 e. The Morgan fingerprint density at radius 1 is 0.857 bits per heavy atom. The maximum Gasteiger partial charge on any atom is 0.185 e. The van der Waals surface area contributed by atoms with Crippen molar-refractivity contribution in [2.75, 3.05) is 0 Å². The molecule has 0 spiro atoms. The van der Waals surface area contributed by atoms with Crippen LogP contribution in [0.5, 0.6) is 0 Å². The highest BCUT2D eigenvalue weighted by Crippen LogP contribution is 1.79. The van der Waals surface area contributed by atoms with Crippen molar-refractivity contribution < 1.29 is 20.4 Å². The van der Waals surface area contributed by atoms with Gasteiger partial charge in [0.1, 0.15) is 12.2 Å². The van der Waals surface area contributed by atoms with Crippen molar-refractivity contribution in [2.24, 2.45) is 0 Å². The number of aliphatic hydroxyl groups is 4. The van der Waals surface area contributed by atoms with Gasteiger partial charge in [0, 0.05) is 0 Å².